The monoisotopic (exact) mass is 301 g/mol. The molecule has 2 aromatic heterocycles. The zero-order valence-electron chi connectivity index (χ0n) is 13.1. The number of aryl methyl sites for hydroxylation is 1. The lowest BCUT2D eigenvalue weighted by Gasteiger charge is -2.32. The highest BCUT2D eigenvalue weighted by atomic mass is 16.5. The van der Waals surface area contributed by atoms with E-state index in [1.54, 1.807) is 6.26 Å². The van der Waals surface area contributed by atoms with Crippen molar-refractivity contribution in [2.75, 3.05) is 19.8 Å². The molecule has 22 heavy (non-hydrogen) atoms. The summed E-state index contributed by atoms with van der Waals surface area (Å²) in [4.78, 5) is 7.02. The fourth-order valence-electron chi connectivity index (χ4n) is 3.36. The van der Waals surface area contributed by atoms with E-state index >= 15 is 0 Å². The van der Waals surface area contributed by atoms with Gasteiger partial charge in [0.15, 0.2) is 0 Å². The van der Waals surface area contributed by atoms with E-state index in [1.165, 1.54) is 29.8 Å². The SMILES string of the molecule is Cn1cnc2c1[C@@H](COCC1CC1)CN(Cc1ccoc1)C2. The molecule has 3 heterocycles. The molecule has 5 nitrogen and oxygen atoms in total. The Bertz CT molecular complexity index is 616. The molecule has 0 radical (unpaired) electrons. The first-order valence-corrected chi connectivity index (χ1v) is 8.11. The van der Waals surface area contributed by atoms with Gasteiger partial charge < -0.3 is 13.7 Å². The van der Waals surface area contributed by atoms with Crippen LogP contribution in [0.4, 0.5) is 0 Å². The number of aromatic nitrogens is 2. The fraction of sp³-hybridized carbons (Fsp3) is 0.588. The Hall–Kier alpha value is -1.59. The Morgan fingerprint density at radius 3 is 3.05 bits per heavy atom. The Balaban J connectivity index is 1.46. The molecule has 2 aliphatic rings. The van der Waals surface area contributed by atoms with Crippen molar-refractivity contribution in [3.8, 4) is 0 Å². The van der Waals surface area contributed by atoms with E-state index in [2.05, 4.69) is 21.5 Å². The van der Waals surface area contributed by atoms with Crippen LogP contribution in [0.1, 0.15) is 35.7 Å². The van der Waals surface area contributed by atoms with Crippen molar-refractivity contribution < 1.29 is 9.15 Å². The summed E-state index contributed by atoms with van der Waals surface area (Å²) in [5, 5.41) is 0. The smallest absolute Gasteiger partial charge is 0.0949 e. The first-order chi connectivity index (χ1) is 10.8. The zero-order chi connectivity index (χ0) is 14.9. The van der Waals surface area contributed by atoms with Crippen LogP contribution in [0, 0.1) is 5.92 Å². The molecule has 1 aliphatic heterocycles. The number of hydrogen-bond acceptors (Lipinski definition) is 4. The molecule has 118 valence electrons. The second-order valence-corrected chi connectivity index (χ2v) is 6.67. The van der Waals surface area contributed by atoms with Crippen molar-refractivity contribution in [2.45, 2.75) is 31.8 Å². The van der Waals surface area contributed by atoms with Gasteiger partial charge in [-0.1, -0.05) is 0 Å². The predicted octanol–water partition coefficient (Wildman–Crippen LogP) is 2.54. The predicted molar refractivity (Wildman–Crippen MR) is 82.3 cm³/mol. The van der Waals surface area contributed by atoms with Gasteiger partial charge in [-0.15, -0.1) is 0 Å². The number of hydrogen-bond donors (Lipinski definition) is 0. The molecule has 1 saturated carbocycles. The lowest BCUT2D eigenvalue weighted by atomic mass is 9.98. The molecule has 0 spiro atoms. The summed E-state index contributed by atoms with van der Waals surface area (Å²) in [6.45, 7) is 4.55. The minimum Gasteiger partial charge on any atom is -0.472 e. The van der Waals surface area contributed by atoms with Gasteiger partial charge in [-0.2, -0.15) is 0 Å². The topological polar surface area (TPSA) is 43.4 Å². The van der Waals surface area contributed by atoms with Crippen LogP contribution in [0.2, 0.25) is 0 Å². The Labute approximate surface area is 130 Å². The normalized spacial score (nSPS) is 22.0. The average molecular weight is 301 g/mol. The molecule has 0 N–H and O–H groups in total. The molecule has 0 saturated heterocycles. The number of fused-ring (bicyclic) bond motifs is 1. The van der Waals surface area contributed by atoms with Crippen molar-refractivity contribution in [1.82, 2.24) is 14.5 Å². The second-order valence-electron chi connectivity index (χ2n) is 6.67. The Morgan fingerprint density at radius 1 is 1.36 bits per heavy atom. The average Bonchev–Trinajstić information content (AvgIpc) is 3.04. The molecule has 1 aliphatic carbocycles. The summed E-state index contributed by atoms with van der Waals surface area (Å²) >= 11 is 0. The van der Waals surface area contributed by atoms with Crippen LogP contribution < -0.4 is 0 Å². The van der Waals surface area contributed by atoms with Gasteiger partial charge in [-0.3, -0.25) is 4.90 Å². The van der Waals surface area contributed by atoms with Gasteiger partial charge in [0, 0.05) is 50.5 Å². The van der Waals surface area contributed by atoms with E-state index < -0.39 is 0 Å². The fourth-order valence-corrected chi connectivity index (χ4v) is 3.36. The third-order valence-electron chi connectivity index (χ3n) is 4.66. The van der Waals surface area contributed by atoms with E-state index in [9.17, 15) is 0 Å². The highest BCUT2D eigenvalue weighted by molar-refractivity contribution is 5.22. The molecule has 4 rings (SSSR count). The van der Waals surface area contributed by atoms with Crippen LogP contribution in [-0.2, 0) is 24.9 Å². The van der Waals surface area contributed by atoms with Crippen molar-refractivity contribution in [3.63, 3.8) is 0 Å². The highest BCUT2D eigenvalue weighted by Crippen LogP contribution is 2.31. The van der Waals surface area contributed by atoms with E-state index in [1.807, 2.05) is 18.7 Å². The Morgan fingerprint density at radius 2 is 2.27 bits per heavy atom. The molecule has 0 aromatic carbocycles. The quantitative estimate of drug-likeness (QED) is 0.822. The third kappa shape index (κ3) is 2.96. The first kappa shape index (κ1) is 14.0. The van der Waals surface area contributed by atoms with Gasteiger partial charge in [0.05, 0.1) is 31.2 Å². The van der Waals surface area contributed by atoms with Gasteiger partial charge in [0.1, 0.15) is 0 Å². The van der Waals surface area contributed by atoms with E-state index in [4.69, 9.17) is 9.15 Å². The summed E-state index contributed by atoms with van der Waals surface area (Å²) in [5.41, 5.74) is 3.76. The lowest BCUT2D eigenvalue weighted by Crippen LogP contribution is -2.36. The first-order valence-electron chi connectivity index (χ1n) is 8.11. The number of imidazole rings is 1. The number of rotatable bonds is 6. The van der Waals surface area contributed by atoms with Gasteiger partial charge in [-0.25, -0.2) is 4.98 Å². The number of ether oxygens (including phenoxy) is 1. The minimum atomic E-state index is 0.405. The number of nitrogens with zero attached hydrogens (tertiary/aromatic N) is 3. The van der Waals surface area contributed by atoms with Crippen LogP contribution in [0.3, 0.4) is 0 Å². The van der Waals surface area contributed by atoms with Crippen LogP contribution in [-0.4, -0.2) is 34.2 Å². The molecule has 0 bridgehead atoms. The van der Waals surface area contributed by atoms with Gasteiger partial charge >= 0.3 is 0 Å². The summed E-state index contributed by atoms with van der Waals surface area (Å²) in [7, 11) is 2.09. The molecule has 1 fully saturated rings. The van der Waals surface area contributed by atoms with Gasteiger partial charge in [0.2, 0.25) is 0 Å². The highest BCUT2D eigenvalue weighted by Gasteiger charge is 2.30. The van der Waals surface area contributed by atoms with Gasteiger partial charge in [-0.05, 0) is 24.8 Å². The van der Waals surface area contributed by atoms with Gasteiger partial charge in [0.25, 0.3) is 0 Å². The standard InChI is InChI=1S/C17H23N3O2/c1-19-12-18-16-8-20(6-14-4-5-21-10-14)7-15(17(16)19)11-22-9-13-2-3-13/h4-5,10,12-13,15H,2-3,6-9,11H2,1H3/t15-/m1/s1. The largest absolute Gasteiger partial charge is 0.472 e. The van der Waals surface area contributed by atoms with E-state index in [0.717, 1.165) is 38.8 Å². The Kier molecular flexibility index (Phi) is 3.76. The number of furan rings is 1. The van der Waals surface area contributed by atoms with Crippen LogP contribution in [0.15, 0.2) is 29.3 Å². The van der Waals surface area contributed by atoms with Crippen molar-refractivity contribution in [3.05, 3.63) is 41.9 Å². The van der Waals surface area contributed by atoms with E-state index in [0.29, 0.717) is 5.92 Å². The maximum Gasteiger partial charge on any atom is 0.0949 e. The summed E-state index contributed by atoms with van der Waals surface area (Å²) in [6.07, 6.45) is 8.18. The molecule has 0 unspecified atom stereocenters. The zero-order valence-corrected chi connectivity index (χ0v) is 13.1. The van der Waals surface area contributed by atoms with E-state index in [-0.39, 0.29) is 0 Å². The van der Waals surface area contributed by atoms with Crippen molar-refractivity contribution >= 4 is 0 Å². The molecule has 2 aromatic rings. The summed E-state index contributed by atoms with van der Waals surface area (Å²) in [5.74, 6) is 1.22. The second kappa shape index (κ2) is 5.89. The molecule has 5 heteroatoms. The third-order valence-corrected chi connectivity index (χ3v) is 4.66. The lowest BCUT2D eigenvalue weighted by molar-refractivity contribution is 0.0867. The maximum atomic E-state index is 5.98. The minimum absolute atomic E-state index is 0.405. The van der Waals surface area contributed by atoms with Crippen molar-refractivity contribution in [2.24, 2.45) is 13.0 Å². The molecule has 1 atom stereocenters. The summed E-state index contributed by atoms with van der Waals surface area (Å²) in [6, 6.07) is 2.03. The van der Waals surface area contributed by atoms with Crippen LogP contribution in [0.5, 0.6) is 0 Å². The molecule has 0 amide bonds. The maximum absolute atomic E-state index is 5.98. The van der Waals surface area contributed by atoms with Crippen molar-refractivity contribution in [1.29, 1.82) is 0 Å². The van der Waals surface area contributed by atoms with Crippen LogP contribution in [0.25, 0.3) is 0 Å². The van der Waals surface area contributed by atoms with Crippen LogP contribution >= 0.6 is 0 Å². The summed E-state index contributed by atoms with van der Waals surface area (Å²) < 4.78 is 13.3. The molecular weight excluding hydrogens is 278 g/mol. The molecular formula is C17H23N3O2.